The van der Waals surface area contributed by atoms with Gasteiger partial charge in [-0.25, -0.2) is 4.98 Å². The highest BCUT2D eigenvalue weighted by atomic mass is 32.1. The lowest BCUT2D eigenvalue weighted by atomic mass is 10.2. The minimum atomic E-state index is -0.192. The highest BCUT2D eigenvalue weighted by molar-refractivity contribution is 7.09. The molecule has 0 bridgehead atoms. The summed E-state index contributed by atoms with van der Waals surface area (Å²) in [5.41, 5.74) is 1.40. The predicted octanol–water partition coefficient (Wildman–Crippen LogP) is 2.97. The van der Waals surface area contributed by atoms with Crippen molar-refractivity contribution in [2.24, 2.45) is 5.92 Å². The molecule has 5 nitrogen and oxygen atoms in total. The van der Waals surface area contributed by atoms with Crippen LogP contribution in [0.25, 0.3) is 0 Å². The molecule has 1 amide bonds. The van der Waals surface area contributed by atoms with Crippen molar-refractivity contribution < 1.29 is 9.53 Å². The van der Waals surface area contributed by atoms with E-state index in [2.05, 4.69) is 16.4 Å². The minimum absolute atomic E-state index is 0.0315. The number of nitriles is 1. The topological polar surface area (TPSA) is 75.0 Å². The monoisotopic (exact) mass is 327 g/mol. The van der Waals surface area contributed by atoms with Gasteiger partial charge >= 0.3 is 0 Å². The Balaban J connectivity index is 1.61. The average molecular weight is 327 g/mol. The fourth-order valence-electron chi connectivity index (χ4n) is 2.37. The molecule has 1 aromatic carbocycles. The van der Waals surface area contributed by atoms with Crippen molar-refractivity contribution in [3.05, 3.63) is 45.9 Å². The zero-order valence-corrected chi connectivity index (χ0v) is 13.6. The maximum Gasteiger partial charge on any atom is 0.258 e. The molecular weight excluding hydrogens is 310 g/mol. The third-order valence-corrected chi connectivity index (χ3v) is 4.72. The number of benzene rings is 1. The summed E-state index contributed by atoms with van der Waals surface area (Å²) in [5.74, 6) is 0.705. The molecule has 1 atom stereocenters. The summed E-state index contributed by atoms with van der Waals surface area (Å²) in [6.45, 7) is 1.85. The molecule has 0 spiro atoms. The number of thiazole rings is 1. The Hall–Kier alpha value is -2.39. The van der Waals surface area contributed by atoms with Crippen LogP contribution in [0.15, 0.2) is 29.6 Å². The lowest BCUT2D eigenvalue weighted by molar-refractivity contribution is -0.124. The molecule has 0 unspecified atom stereocenters. The van der Waals surface area contributed by atoms with Gasteiger partial charge in [0.05, 0.1) is 11.6 Å². The SMILES string of the molecule is Cc1csc([C@@H](NC(=O)COc2ccccc2C#N)C2CC2)n1. The van der Waals surface area contributed by atoms with E-state index in [1.54, 1.807) is 35.6 Å². The van der Waals surface area contributed by atoms with E-state index in [0.717, 1.165) is 23.5 Å². The van der Waals surface area contributed by atoms with Gasteiger partial charge in [0.25, 0.3) is 5.91 Å². The molecule has 23 heavy (non-hydrogen) atoms. The number of nitrogens with zero attached hydrogens (tertiary/aromatic N) is 2. The Morgan fingerprint density at radius 2 is 2.30 bits per heavy atom. The second-order valence-corrected chi connectivity index (χ2v) is 6.50. The minimum Gasteiger partial charge on any atom is -0.482 e. The normalized spacial score (nSPS) is 14.8. The fourth-order valence-corrected chi connectivity index (χ4v) is 3.31. The van der Waals surface area contributed by atoms with Crippen molar-refractivity contribution in [3.8, 4) is 11.8 Å². The number of aromatic nitrogens is 1. The first kappa shape index (κ1) is 15.5. The van der Waals surface area contributed by atoms with Gasteiger partial charge in [-0.05, 0) is 37.8 Å². The van der Waals surface area contributed by atoms with Crippen molar-refractivity contribution in [1.29, 1.82) is 5.26 Å². The number of carbonyl (C=O) groups excluding carboxylic acids is 1. The van der Waals surface area contributed by atoms with Crippen molar-refractivity contribution in [2.75, 3.05) is 6.61 Å². The Kier molecular flexibility index (Phi) is 4.58. The maximum atomic E-state index is 12.2. The molecule has 1 fully saturated rings. The lowest BCUT2D eigenvalue weighted by Gasteiger charge is -2.16. The van der Waals surface area contributed by atoms with Gasteiger partial charge in [-0.1, -0.05) is 12.1 Å². The highest BCUT2D eigenvalue weighted by Gasteiger charge is 2.35. The van der Waals surface area contributed by atoms with E-state index in [9.17, 15) is 4.79 Å². The zero-order chi connectivity index (χ0) is 16.2. The summed E-state index contributed by atoms with van der Waals surface area (Å²) in [5, 5.41) is 15.0. The van der Waals surface area contributed by atoms with Crippen molar-refractivity contribution in [3.63, 3.8) is 0 Å². The molecule has 1 aromatic heterocycles. The van der Waals surface area contributed by atoms with Crippen LogP contribution in [0.4, 0.5) is 0 Å². The van der Waals surface area contributed by atoms with E-state index >= 15 is 0 Å². The fraction of sp³-hybridized carbons (Fsp3) is 0.353. The quantitative estimate of drug-likeness (QED) is 0.885. The van der Waals surface area contributed by atoms with Crippen molar-refractivity contribution >= 4 is 17.2 Å². The number of carbonyl (C=O) groups is 1. The Labute approximate surface area is 138 Å². The van der Waals surface area contributed by atoms with Crippen LogP contribution >= 0.6 is 11.3 Å². The molecule has 2 aromatic rings. The largest absolute Gasteiger partial charge is 0.482 e. The van der Waals surface area contributed by atoms with Gasteiger partial charge in [-0.3, -0.25) is 4.79 Å². The van der Waals surface area contributed by atoms with Gasteiger partial charge in [-0.15, -0.1) is 11.3 Å². The number of hydrogen-bond donors (Lipinski definition) is 1. The van der Waals surface area contributed by atoms with Crippen LogP contribution in [0.2, 0.25) is 0 Å². The van der Waals surface area contributed by atoms with Crippen LogP contribution in [0.1, 0.15) is 35.1 Å². The van der Waals surface area contributed by atoms with Crippen molar-refractivity contribution in [1.82, 2.24) is 10.3 Å². The number of rotatable bonds is 6. The Morgan fingerprint density at radius 3 is 2.96 bits per heavy atom. The van der Waals surface area contributed by atoms with Crippen LogP contribution in [0.3, 0.4) is 0 Å². The van der Waals surface area contributed by atoms with Crippen LogP contribution < -0.4 is 10.1 Å². The summed E-state index contributed by atoms with van der Waals surface area (Å²) in [4.78, 5) is 16.7. The number of nitrogens with one attached hydrogen (secondary N) is 1. The molecule has 0 radical (unpaired) electrons. The van der Waals surface area contributed by atoms with E-state index in [0.29, 0.717) is 17.2 Å². The van der Waals surface area contributed by atoms with Crippen molar-refractivity contribution in [2.45, 2.75) is 25.8 Å². The molecule has 0 saturated heterocycles. The summed E-state index contributed by atoms with van der Waals surface area (Å²) in [6, 6.07) is 8.92. The van der Waals surface area contributed by atoms with E-state index in [-0.39, 0.29) is 18.6 Å². The van der Waals surface area contributed by atoms with Crippen LogP contribution in [-0.2, 0) is 4.79 Å². The molecule has 0 aliphatic heterocycles. The van der Waals surface area contributed by atoms with E-state index in [1.807, 2.05) is 12.3 Å². The third kappa shape index (κ3) is 3.88. The predicted molar refractivity (Wildman–Crippen MR) is 87.1 cm³/mol. The maximum absolute atomic E-state index is 12.2. The van der Waals surface area contributed by atoms with Gasteiger partial charge < -0.3 is 10.1 Å². The van der Waals surface area contributed by atoms with E-state index < -0.39 is 0 Å². The molecule has 118 valence electrons. The number of amides is 1. The molecule has 1 aliphatic rings. The summed E-state index contributed by atoms with van der Waals surface area (Å²) >= 11 is 1.58. The van der Waals surface area contributed by atoms with Gasteiger partial charge in [-0.2, -0.15) is 5.26 Å². The standard InChI is InChI=1S/C17H17N3O2S/c1-11-10-23-17(19-11)16(12-6-7-12)20-15(21)9-22-14-5-3-2-4-13(14)8-18/h2-5,10,12,16H,6-7,9H2,1H3,(H,20,21)/t16-/m0/s1. The van der Waals surface area contributed by atoms with E-state index in [1.165, 1.54) is 0 Å². The second kappa shape index (κ2) is 6.80. The van der Waals surface area contributed by atoms with Gasteiger partial charge in [0.15, 0.2) is 6.61 Å². The molecule has 1 saturated carbocycles. The molecule has 6 heteroatoms. The smallest absolute Gasteiger partial charge is 0.258 e. The van der Waals surface area contributed by atoms with Crippen LogP contribution in [0, 0.1) is 24.2 Å². The first-order chi connectivity index (χ1) is 11.2. The molecular formula is C17H17N3O2S. The molecule has 1 N–H and O–H groups in total. The molecule has 3 rings (SSSR count). The second-order valence-electron chi connectivity index (χ2n) is 5.61. The first-order valence-electron chi connectivity index (χ1n) is 7.50. The number of para-hydroxylation sites is 1. The van der Waals surface area contributed by atoms with Crippen LogP contribution in [-0.4, -0.2) is 17.5 Å². The highest BCUT2D eigenvalue weighted by Crippen LogP contribution is 2.41. The van der Waals surface area contributed by atoms with Crippen LogP contribution in [0.5, 0.6) is 5.75 Å². The van der Waals surface area contributed by atoms with Gasteiger partial charge in [0, 0.05) is 11.1 Å². The Bertz CT molecular complexity index is 746. The van der Waals surface area contributed by atoms with E-state index in [4.69, 9.17) is 10.00 Å². The first-order valence-corrected chi connectivity index (χ1v) is 8.38. The lowest BCUT2D eigenvalue weighted by Crippen LogP contribution is -2.33. The third-order valence-electron chi connectivity index (χ3n) is 3.68. The zero-order valence-electron chi connectivity index (χ0n) is 12.8. The van der Waals surface area contributed by atoms with Gasteiger partial charge in [0.1, 0.15) is 16.8 Å². The van der Waals surface area contributed by atoms with Gasteiger partial charge in [0.2, 0.25) is 0 Å². The number of hydrogen-bond acceptors (Lipinski definition) is 5. The molecule has 1 heterocycles. The summed E-state index contributed by atoms with van der Waals surface area (Å²) in [6.07, 6.45) is 2.23. The number of ether oxygens (including phenoxy) is 1. The molecule has 1 aliphatic carbocycles. The number of aryl methyl sites for hydroxylation is 1. The summed E-state index contributed by atoms with van der Waals surface area (Å²) < 4.78 is 5.48. The average Bonchev–Trinajstić information content (AvgIpc) is 3.32. The Morgan fingerprint density at radius 1 is 1.52 bits per heavy atom. The summed E-state index contributed by atoms with van der Waals surface area (Å²) in [7, 11) is 0.